The SMILES string of the molecule is O=C1COc2ccc3ccccc3c2-c2c(ccc3ccccc23)OCc2ccc(cc2)C(C(F)(F)F)(C(F)(F)F)c2ccc(cc2)COc2ccc3ccccc3c2-c2c(ccc3ccccc23)OCC(=O)NCCCCN1. The summed E-state index contributed by atoms with van der Waals surface area (Å²) in [4.78, 5) is 26.7. The van der Waals surface area contributed by atoms with Crippen molar-refractivity contribution in [2.24, 2.45) is 0 Å². The number of nitrogens with one attached hydrogen (secondary N) is 2. The number of amides is 2. The van der Waals surface area contributed by atoms with E-state index in [1.165, 1.54) is 24.3 Å². The van der Waals surface area contributed by atoms with Crippen LogP contribution in [0, 0.1) is 0 Å². The predicted molar refractivity (Wildman–Crippen MR) is 294 cm³/mol. The number of carbonyl (C=O) groups is 2. The molecule has 0 saturated heterocycles. The standard InChI is InChI=1S/C65H50F6N2O6/c66-64(67,68)63(65(69,70)71)47-27-19-41(20-28-47)37-76-53-31-23-43-11-1-5-15-49(43)59(53)61-51-17-7-3-13-45(51)25-33-55(61)78-39-57(74)72-35-9-10-36-73-58(75)40-79-56-34-26-46-14-4-8-18-52(46)62(56)60-50-16-6-2-12-44(50)24-32-54(60)77-38-42-21-29-48(63)30-22-42/h1-8,11-34H,9-10,35-40H2,(H,72,74)(H,73,75). The van der Waals surface area contributed by atoms with Crippen molar-refractivity contribution in [3.8, 4) is 45.3 Å². The van der Waals surface area contributed by atoms with Crippen LogP contribution in [0.1, 0.15) is 35.1 Å². The van der Waals surface area contributed by atoms with Crippen LogP contribution in [0.2, 0.25) is 0 Å². The lowest BCUT2D eigenvalue weighted by Gasteiger charge is -2.38. The zero-order valence-electron chi connectivity index (χ0n) is 42.3. The van der Waals surface area contributed by atoms with Gasteiger partial charge < -0.3 is 29.6 Å². The summed E-state index contributed by atoms with van der Waals surface area (Å²) in [6.07, 6.45) is -10.6. The Morgan fingerprint density at radius 1 is 0.342 bits per heavy atom. The van der Waals surface area contributed by atoms with Gasteiger partial charge in [-0.05, 0) is 102 Å². The van der Waals surface area contributed by atoms with E-state index in [4.69, 9.17) is 18.9 Å². The number of halogens is 6. The Bertz CT molecular complexity index is 3640. The first-order chi connectivity index (χ1) is 38.3. The van der Waals surface area contributed by atoms with Gasteiger partial charge in [0.25, 0.3) is 11.8 Å². The van der Waals surface area contributed by atoms with Crippen molar-refractivity contribution < 1.29 is 54.9 Å². The number of rotatable bonds is 0. The summed E-state index contributed by atoms with van der Waals surface area (Å²) >= 11 is 0. The maximum atomic E-state index is 15.6. The molecular weight excluding hydrogens is 1020 g/mol. The maximum Gasteiger partial charge on any atom is 0.411 e. The van der Waals surface area contributed by atoms with Crippen molar-refractivity contribution in [1.82, 2.24) is 10.6 Å². The summed E-state index contributed by atoms with van der Waals surface area (Å²) in [7, 11) is 0. The van der Waals surface area contributed by atoms with Gasteiger partial charge in [-0.25, -0.2) is 0 Å². The molecule has 0 spiro atoms. The van der Waals surface area contributed by atoms with E-state index in [1.54, 1.807) is 24.3 Å². The minimum absolute atomic E-state index is 0.230. The van der Waals surface area contributed by atoms with Gasteiger partial charge in [-0.2, -0.15) is 26.3 Å². The first kappa shape index (κ1) is 52.0. The molecule has 2 amide bonds. The van der Waals surface area contributed by atoms with Crippen LogP contribution >= 0.6 is 0 Å². The van der Waals surface area contributed by atoms with Gasteiger partial charge in [0.2, 0.25) is 5.41 Å². The number of hydrogen-bond donors (Lipinski definition) is 2. The Kier molecular flexibility index (Phi) is 14.3. The molecule has 0 unspecified atom stereocenters. The van der Waals surface area contributed by atoms with Gasteiger partial charge in [0.05, 0.1) is 0 Å². The average Bonchev–Trinajstić information content (AvgIpc) is 3.46. The van der Waals surface area contributed by atoms with Gasteiger partial charge in [0.1, 0.15) is 36.2 Å². The quantitative estimate of drug-likeness (QED) is 0.147. The molecule has 0 fully saturated rings. The van der Waals surface area contributed by atoms with Crippen molar-refractivity contribution in [3.05, 3.63) is 216 Å². The van der Waals surface area contributed by atoms with Gasteiger partial charge in [-0.3, -0.25) is 9.59 Å². The molecule has 10 aromatic rings. The van der Waals surface area contributed by atoms with Crippen LogP contribution in [-0.4, -0.2) is 50.5 Å². The number of hydrogen-bond acceptors (Lipinski definition) is 6. The highest BCUT2D eigenvalue weighted by atomic mass is 19.4. The van der Waals surface area contributed by atoms with Crippen molar-refractivity contribution in [3.63, 3.8) is 0 Å². The molecule has 0 aliphatic carbocycles. The fraction of sp³-hybridized carbons (Fsp3) is 0.169. The number of benzene rings is 10. The highest BCUT2D eigenvalue weighted by molar-refractivity contribution is 6.11. The first-order valence-electron chi connectivity index (χ1n) is 25.7. The predicted octanol–water partition coefficient (Wildman–Crippen LogP) is 15.0. The van der Waals surface area contributed by atoms with Crippen molar-refractivity contribution in [2.45, 2.75) is 43.8 Å². The summed E-state index contributed by atoms with van der Waals surface area (Å²) in [5.41, 5.74) is -3.43. The summed E-state index contributed by atoms with van der Waals surface area (Å²) in [6.45, 7) is -0.501. The van der Waals surface area contributed by atoms with Gasteiger partial charge >= 0.3 is 12.4 Å². The number of fused-ring (bicyclic) bond motifs is 6. The zero-order chi connectivity index (χ0) is 54.7. The Labute approximate surface area is 450 Å². The second-order valence-electron chi connectivity index (χ2n) is 19.3. The molecule has 10 aromatic carbocycles. The van der Waals surface area contributed by atoms with Crippen LogP contribution in [-0.2, 0) is 28.2 Å². The molecule has 3 aliphatic rings. The second kappa shape index (κ2) is 21.8. The van der Waals surface area contributed by atoms with E-state index in [2.05, 4.69) is 10.6 Å². The van der Waals surface area contributed by atoms with Crippen molar-refractivity contribution in [2.75, 3.05) is 26.3 Å². The Balaban J connectivity index is 0.980. The summed E-state index contributed by atoms with van der Waals surface area (Å²) in [5.74, 6) is 0.698. The number of alkyl halides is 6. The minimum atomic E-state index is -5.84. The van der Waals surface area contributed by atoms with E-state index in [0.29, 0.717) is 82.3 Å². The number of carbonyl (C=O) groups excluding carboxylic acids is 2. The molecule has 4 bridgehead atoms. The third-order valence-corrected chi connectivity index (χ3v) is 14.4. The molecule has 0 atom stereocenters. The van der Waals surface area contributed by atoms with Gasteiger partial charge in [0.15, 0.2) is 13.2 Å². The smallest absolute Gasteiger partial charge is 0.411 e. The number of ether oxygens (including phenoxy) is 4. The molecule has 0 saturated carbocycles. The van der Waals surface area contributed by atoms with Crippen LogP contribution in [0.25, 0.3) is 65.3 Å². The molecule has 79 heavy (non-hydrogen) atoms. The van der Waals surface area contributed by atoms with Gasteiger partial charge in [0, 0.05) is 35.3 Å². The lowest BCUT2D eigenvalue weighted by atomic mass is 9.72. The topological polar surface area (TPSA) is 95.1 Å². The molecule has 3 heterocycles. The van der Waals surface area contributed by atoms with E-state index in [1.807, 2.05) is 121 Å². The van der Waals surface area contributed by atoms with E-state index in [-0.39, 0.29) is 38.2 Å². The Morgan fingerprint density at radius 3 is 0.911 bits per heavy atom. The van der Waals surface area contributed by atoms with Crippen LogP contribution in [0.5, 0.6) is 23.0 Å². The highest BCUT2D eigenvalue weighted by Gasteiger charge is 2.72. The van der Waals surface area contributed by atoms with Crippen LogP contribution in [0.15, 0.2) is 194 Å². The third-order valence-electron chi connectivity index (χ3n) is 14.4. The molecule has 14 heteroatoms. The monoisotopic (exact) mass is 1070 g/mol. The van der Waals surface area contributed by atoms with Crippen molar-refractivity contribution >= 4 is 54.9 Å². The maximum absolute atomic E-state index is 15.6. The molecule has 398 valence electrons. The summed E-state index contributed by atoms with van der Waals surface area (Å²) in [5, 5.41) is 12.3. The van der Waals surface area contributed by atoms with E-state index in [9.17, 15) is 9.59 Å². The summed E-state index contributed by atoms with van der Waals surface area (Å²) < 4.78 is 119. The molecular formula is C65H50F6N2O6. The van der Waals surface area contributed by atoms with Crippen LogP contribution in [0.3, 0.4) is 0 Å². The molecule has 0 aromatic heterocycles. The normalized spacial score (nSPS) is 15.1. The Hall–Kier alpha value is -9.04. The van der Waals surface area contributed by atoms with E-state index >= 15 is 26.3 Å². The Morgan fingerprint density at radius 2 is 0.620 bits per heavy atom. The van der Waals surface area contributed by atoms with Crippen LogP contribution in [0.4, 0.5) is 26.3 Å². The third kappa shape index (κ3) is 10.2. The fourth-order valence-electron chi connectivity index (χ4n) is 10.6. The largest absolute Gasteiger partial charge is 0.488 e. The molecule has 3 aliphatic heterocycles. The average molecular weight is 1070 g/mol. The second-order valence-corrected chi connectivity index (χ2v) is 19.3. The van der Waals surface area contributed by atoms with Gasteiger partial charge in [-0.1, -0.05) is 170 Å². The molecule has 13 rings (SSSR count). The zero-order valence-corrected chi connectivity index (χ0v) is 42.3. The van der Waals surface area contributed by atoms with Crippen molar-refractivity contribution in [1.29, 1.82) is 0 Å². The highest BCUT2D eigenvalue weighted by Crippen LogP contribution is 2.56. The molecule has 8 nitrogen and oxygen atoms in total. The van der Waals surface area contributed by atoms with Crippen LogP contribution < -0.4 is 29.6 Å². The fourth-order valence-corrected chi connectivity index (χ4v) is 10.6. The molecule has 0 radical (unpaired) electrons. The van der Waals surface area contributed by atoms with E-state index < -0.39 is 28.9 Å². The minimum Gasteiger partial charge on any atom is -0.488 e. The molecule has 2 N–H and O–H groups in total. The first-order valence-corrected chi connectivity index (χ1v) is 25.7. The summed E-state index contributed by atoms with van der Waals surface area (Å²) in [6, 6.07) is 53.1. The lowest BCUT2D eigenvalue weighted by Crippen LogP contribution is -2.54. The van der Waals surface area contributed by atoms with Gasteiger partial charge in [-0.15, -0.1) is 0 Å². The lowest BCUT2D eigenvalue weighted by molar-refractivity contribution is -0.288. The van der Waals surface area contributed by atoms with E-state index in [0.717, 1.165) is 67.4 Å².